The number of hydrogen-bond acceptors (Lipinski definition) is 5. The maximum atomic E-state index is 12.2. The zero-order chi connectivity index (χ0) is 18.4. The summed E-state index contributed by atoms with van der Waals surface area (Å²) in [6.45, 7) is 1.87. The highest BCUT2D eigenvalue weighted by Gasteiger charge is 2.35. The summed E-state index contributed by atoms with van der Waals surface area (Å²) in [7, 11) is 5.47. The molecule has 0 aliphatic carbocycles. The van der Waals surface area contributed by atoms with Gasteiger partial charge in [-0.05, 0) is 45.1 Å². The number of amides is 3. The smallest absolute Gasteiger partial charge is 0.319 e. The lowest BCUT2D eigenvalue weighted by Crippen LogP contribution is -2.56. The van der Waals surface area contributed by atoms with Crippen molar-refractivity contribution < 1.29 is 19.1 Å². The van der Waals surface area contributed by atoms with Gasteiger partial charge >= 0.3 is 6.03 Å². The van der Waals surface area contributed by atoms with Crippen LogP contribution in [0.1, 0.15) is 23.2 Å². The van der Waals surface area contributed by atoms with Crippen LogP contribution in [0.5, 0.6) is 5.75 Å². The Balaban J connectivity index is 2.00. The first-order valence-electron chi connectivity index (χ1n) is 8.16. The summed E-state index contributed by atoms with van der Waals surface area (Å²) >= 11 is 0. The summed E-state index contributed by atoms with van der Waals surface area (Å²) in [6, 6.07) is 4.40. The maximum absolute atomic E-state index is 12.2. The second-order valence-corrected chi connectivity index (χ2v) is 6.32. The Hall–Kier alpha value is -2.32. The number of primary amides is 1. The van der Waals surface area contributed by atoms with Gasteiger partial charge in [0, 0.05) is 31.0 Å². The van der Waals surface area contributed by atoms with Crippen molar-refractivity contribution in [3.63, 3.8) is 0 Å². The molecule has 0 spiro atoms. The van der Waals surface area contributed by atoms with Gasteiger partial charge < -0.3 is 30.7 Å². The van der Waals surface area contributed by atoms with Gasteiger partial charge in [0.25, 0.3) is 5.91 Å². The van der Waals surface area contributed by atoms with Crippen molar-refractivity contribution in [1.29, 1.82) is 0 Å². The number of ether oxygens (including phenoxy) is 2. The lowest BCUT2D eigenvalue weighted by atomic mass is 9.88. The Morgan fingerprint density at radius 1 is 1.32 bits per heavy atom. The second kappa shape index (κ2) is 8.17. The zero-order valence-corrected chi connectivity index (χ0v) is 14.9. The van der Waals surface area contributed by atoms with Gasteiger partial charge in [-0.3, -0.25) is 4.79 Å². The van der Waals surface area contributed by atoms with E-state index < -0.39 is 5.91 Å². The number of nitrogens with one attached hydrogen (secondary N) is 2. The van der Waals surface area contributed by atoms with Crippen LogP contribution in [0.4, 0.5) is 10.5 Å². The van der Waals surface area contributed by atoms with E-state index >= 15 is 0 Å². The van der Waals surface area contributed by atoms with E-state index in [1.807, 2.05) is 14.1 Å². The summed E-state index contributed by atoms with van der Waals surface area (Å²) in [5.74, 6) is -0.248. The number of methoxy groups -OCH3 is 1. The van der Waals surface area contributed by atoms with Crippen molar-refractivity contribution >= 4 is 17.6 Å². The first kappa shape index (κ1) is 19.0. The molecule has 1 aromatic carbocycles. The molecule has 1 saturated heterocycles. The van der Waals surface area contributed by atoms with E-state index in [4.69, 9.17) is 15.2 Å². The molecule has 0 atom stereocenters. The minimum Gasteiger partial charge on any atom is -0.496 e. The molecule has 1 aliphatic rings. The van der Waals surface area contributed by atoms with Gasteiger partial charge in [-0.2, -0.15) is 0 Å². The monoisotopic (exact) mass is 350 g/mol. The predicted molar refractivity (Wildman–Crippen MR) is 95.0 cm³/mol. The number of likely N-dealkylation sites (N-methyl/N-ethyl adjacent to an activating group) is 1. The van der Waals surface area contributed by atoms with Gasteiger partial charge in [0.05, 0.1) is 12.7 Å². The van der Waals surface area contributed by atoms with E-state index in [1.165, 1.54) is 13.2 Å². The molecule has 2 rings (SSSR count). The third kappa shape index (κ3) is 4.61. The Morgan fingerprint density at radius 2 is 2.00 bits per heavy atom. The zero-order valence-electron chi connectivity index (χ0n) is 14.9. The molecule has 1 fully saturated rings. The predicted octanol–water partition coefficient (Wildman–Crippen LogP) is 1.03. The van der Waals surface area contributed by atoms with E-state index in [0.29, 0.717) is 31.2 Å². The highest BCUT2D eigenvalue weighted by Crippen LogP contribution is 2.25. The third-order valence-electron chi connectivity index (χ3n) is 4.67. The average Bonchev–Trinajstić information content (AvgIpc) is 2.60. The molecule has 8 heteroatoms. The fraction of sp³-hybridized carbons (Fsp3) is 0.529. The van der Waals surface area contributed by atoms with Crippen LogP contribution < -0.4 is 21.1 Å². The number of nitrogens with zero attached hydrogens (tertiary/aromatic N) is 1. The summed E-state index contributed by atoms with van der Waals surface area (Å²) in [5, 5.41) is 5.63. The van der Waals surface area contributed by atoms with Crippen molar-refractivity contribution in [3.05, 3.63) is 23.8 Å². The Kier molecular flexibility index (Phi) is 6.22. The van der Waals surface area contributed by atoms with E-state index in [0.717, 1.165) is 12.8 Å². The van der Waals surface area contributed by atoms with Crippen LogP contribution in [0.15, 0.2) is 18.2 Å². The van der Waals surface area contributed by atoms with E-state index in [-0.39, 0.29) is 17.1 Å². The highest BCUT2D eigenvalue weighted by molar-refractivity contribution is 5.98. The minimum absolute atomic E-state index is 0.117. The molecule has 1 aliphatic heterocycles. The molecule has 0 saturated carbocycles. The van der Waals surface area contributed by atoms with Gasteiger partial charge in [-0.25, -0.2) is 4.79 Å². The first-order chi connectivity index (χ1) is 11.9. The van der Waals surface area contributed by atoms with Crippen molar-refractivity contribution in [2.45, 2.75) is 18.4 Å². The van der Waals surface area contributed by atoms with Crippen LogP contribution in [0.2, 0.25) is 0 Å². The van der Waals surface area contributed by atoms with Crippen molar-refractivity contribution in [1.82, 2.24) is 10.2 Å². The highest BCUT2D eigenvalue weighted by atomic mass is 16.5. The Labute approximate surface area is 147 Å². The number of benzene rings is 1. The number of nitrogens with two attached hydrogens (primary N) is 1. The van der Waals surface area contributed by atoms with Crippen molar-refractivity contribution in [2.24, 2.45) is 5.73 Å². The fourth-order valence-corrected chi connectivity index (χ4v) is 2.93. The number of rotatable bonds is 6. The lowest BCUT2D eigenvalue weighted by Gasteiger charge is -2.42. The Morgan fingerprint density at radius 3 is 2.56 bits per heavy atom. The van der Waals surface area contributed by atoms with E-state index in [1.54, 1.807) is 12.1 Å². The van der Waals surface area contributed by atoms with Crippen LogP contribution in [0.25, 0.3) is 0 Å². The number of hydrogen-bond donors (Lipinski definition) is 3. The number of carbonyl (C=O) groups excluding carboxylic acids is 2. The van der Waals surface area contributed by atoms with Crippen LogP contribution in [-0.2, 0) is 4.74 Å². The van der Waals surface area contributed by atoms with Crippen LogP contribution in [-0.4, -0.2) is 63.3 Å². The largest absolute Gasteiger partial charge is 0.496 e. The summed E-state index contributed by atoms with van der Waals surface area (Å²) in [5.41, 5.74) is 5.90. The number of urea groups is 1. The van der Waals surface area contributed by atoms with Gasteiger partial charge in [0.2, 0.25) is 0 Å². The van der Waals surface area contributed by atoms with E-state index in [2.05, 4.69) is 15.5 Å². The standard InChI is InChI=1S/C17H26N4O4/c1-21(2)17(6-8-25-9-7-17)11-19-16(23)20-12-4-5-14(24-3)13(10-12)15(18)22/h4-5,10H,6-9,11H2,1-3H3,(H2,18,22)(H2,19,20,23). The molecule has 8 nitrogen and oxygen atoms in total. The number of carbonyl (C=O) groups is 2. The van der Waals surface area contributed by atoms with Gasteiger partial charge in [-0.15, -0.1) is 0 Å². The molecule has 0 bridgehead atoms. The molecule has 1 aromatic rings. The van der Waals surface area contributed by atoms with Crippen LogP contribution in [0, 0.1) is 0 Å². The molecule has 0 radical (unpaired) electrons. The van der Waals surface area contributed by atoms with Gasteiger partial charge in [0.1, 0.15) is 5.75 Å². The lowest BCUT2D eigenvalue weighted by molar-refractivity contribution is -0.00553. The van der Waals surface area contributed by atoms with Gasteiger partial charge in [-0.1, -0.05) is 0 Å². The molecule has 25 heavy (non-hydrogen) atoms. The first-order valence-corrected chi connectivity index (χ1v) is 8.16. The molecule has 1 heterocycles. The van der Waals surface area contributed by atoms with Crippen molar-refractivity contribution in [2.75, 3.05) is 46.3 Å². The quantitative estimate of drug-likeness (QED) is 0.710. The Bertz CT molecular complexity index is 627. The van der Waals surface area contributed by atoms with Gasteiger partial charge in [0.15, 0.2) is 0 Å². The summed E-state index contributed by atoms with van der Waals surface area (Å²) in [4.78, 5) is 25.8. The second-order valence-electron chi connectivity index (χ2n) is 6.32. The SMILES string of the molecule is COc1ccc(NC(=O)NCC2(N(C)C)CCOCC2)cc1C(N)=O. The normalized spacial score (nSPS) is 16.3. The molecule has 138 valence electrons. The van der Waals surface area contributed by atoms with E-state index in [9.17, 15) is 9.59 Å². The van der Waals surface area contributed by atoms with Crippen LogP contribution >= 0.6 is 0 Å². The topological polar surface area (TPSA) is 106 Å². The molecule has 4 N–H and O–H groups in total. The molecule has 0 aromatic heterocycles. The van der Waals surface area contributed by atoms with Crippen LogP contribution in [0.3, 0.4) is 0 Å². The third-order valence-corrected chi connectivity index (χ3v) is 4.67. The fourth-order valence-electron chi connectivity index (χ4n) is 2.93. The summed E-state index contributed by atoms with van der Waals surface area (Å²) < 4.78 is 10.5. The van der Waals surface area contributed by atoms with Crippen molar-refractivity contribution in [3.8, 4) is 5.75 Å². The number of anilines is 1. The molecular formula is C17H26N4O4. The summed E-state index contributed by atoms with van der Waals surface area (Å²) in [6.07, 6.45) is 1.71. The molecule has 0 unspecified atom stereocenters. The maximum Gasteiger partial charge on any atom is 0.319 e. The minimum atomic E-state index is -0.616. The molecular weight excluding hydrogens is 324 g/mol. The average molecular weight is 350 g/mol. The molecule has 3 amide bonds.